The van der Waals surface area contributed by atoms with Crippen LogP contribution in [0.3, 0.4) is 0 Å². The molecule has 1 aliphatic carbocycles. The molecule has 0 bridgehead atoms. The van der Waals surface area contributed by atoms with E-state index in [1.807, 2.05) is 12.1 Å². The molecule has 0 aromatic heterocycles. The van der Waals surface area contributed by atoms with Crippen LogP contribution in [0.25, 0.3) is 0 Å². The Bertz CT molecular complexity index is 524. The molecule has 1 saturated carbocycles. The highest BCUT2D eigenvalue weighted by atomic mass is 35.5. The van der Waals surface area contributed by atoms with Crippen molar-refractivity contribution < 1.29 is 9.59 Å². The van der Waals surface area contributed by atoms with E-state index in [0.717, 1.165) is 24.8 Å². The van der Waals surface area contributed by atoms with E-state index in [9.17, 15) is 9.59 Å². The summed E-state index contributed by atoms with van der Waals surface area (Å²) in [6, 6.07) is 6.64. The summed E-state index contributed by atoms with van der Waals surface area (Å²) in [6.07, 6.45) is 3.02. The first kappa shape index (κ1) is 18.3. The van der Waals surface area contributed by atoms with Crippen molar-refractivity contribution in [2.45, 2.75) is 25.8 Å². The van der Waals surface area contributed by atoms with Gasteiger partial charge in [0.05, 0.1) is 0 Å². The van der Waals surface area contributed by atoms with E-state index in [-0.39, 0.29) is 24.2 Å². The maximum absolute atomic E-state index is 12.2. The molecule has 1 aromatic carbocycles. The molecule has 7 heteroatoms. The summed E-state index contributed by atoms with van der Waals surface area (Å²) in [5.41, 5.74) is 12.3. The third kappa shape index (κ3) is 4.89. The van der Waals surface area contributed by atoms with E-state index in [4.69, 9.17) is 11.5 Å². The van der Waals surface area contributed by atoms with Crippen LogP contribution < -0.4 is 22.1 Å². The summed E-state index contributed by atoms with van der Waals surface area (Å²) < 4.78 is 0. The molecule has 6 nitrogen and oxygen atoms in total. The van der Waals surface area contributed by atoms with Gasteiger partial charge in [0, 0.05) is 18.2 Å². The summed E-state index contributed by atoms with van der Waals surface area (Å²) in [6.45, 7) is 0.997. The van der Waals surface area contributed by atoms with E-state index in [2.05, 4.69) is 10.6 Å². The van der Waals surface area contributed by atoms with Crippen molar-refractivity contribution in [3.8, 4) is 0 Å². The van der Waals surface area contributed by atoms with Gasteiger partial charge in [-0.05, 0) is 43.0 Å². The highest BCUT2D eigenvalue weighted by Crippen LogP contribution is 2.31. The van der Waals surface area contributed by atoms with Gasteiger partial charge in [-0.3, -0.25) is 4.79 Å². The van der Waals surface area contributed by atoms with Crippen LogP contribution in [0, 0.1) is 11.8 Å². The van der Waals surface area contributed by atoms with Crippen molar-refractivity contribution in [3.63, 3.8) is 0 Å². The molecule has 22 heavy (non-hydrogen) atoms. The number of nitrogens with two attached hydrogens (primary N) is 2. The van der Waals surface area contributed by atoms with Crippen molar-refractivity contribution >= 4 is 30.0 Å². The third-order valence-electron chi connectivity index (χ3n) is 3.96. The van der Waals surface area contributed by atoms with Crippen molar-refractivity contribution in [2.24, 2.45) is 23.3 Å². The number of rotatable bonds is 5. The Labute approximate surface area is 136 Å². The summed E-state index contributed by atoms with van der Waals surface area (Å²) >= 11 is 0. The zero-order chi connectivity index (χ0) is 15.2. The van der Waals surface area contributed by atoms with Gasteiger partial charge in [0.25, 0.3) is 0 Å². The van der Waals surface area contributed by atoms with E-state index in [0.29, 0.717) is 24.7 Å². The molecular formula is C15H23ClN4O2. The molecule has 0 unspecified atom stereocenters. The van der Waals surface area contributed by atoms with Gasteiger partial charge in [0.2, 0.25) is 5.91 Å². The number of hydrogen-bond acceptors (Lipinski definition) is 3. The monoisotopic (exact) mass is 326 g/mol. The fourth-order valence-electron chi connectivity index (χ4n) is 2.89. The van der Waals surface area contributed by atoms with Crippen molar-refractivity contribution in [3.05, 3.63) is 29.8 Å². The lowest BCUT2D eigenvalue weighted by molar-refractivity contribution is -0.126. The fourth-order valence-corrected chi connectivity index (χ4v) is 2.89. The van der Waals surface area contributed by atoms with Crippen LogP contribution >= 0.6 is 12.4 Å². The topological polar surface area (TPSA) is 110 Å². The molecule has 1 aliphatic rings. The van der Waals surface area contributed by atoms with Gasteiger partial charge in [-0.15, -0.1) is 12.4 Å². The van der Waals surface area contributed by atoms with Gasteiger partial charge in [-0.2, -0.15) is 0 Å². The van der Waals surface area contributed by atoms with E-state index < -0.39 is 6.03 Å². The molecule has 0 spiro atoms. The Kier molecular flexibility index (Phi) is 7.14. The van der Waals surface area contributed by atoms with Gasteiger partial charge in [-0.1, -0.05) is 18.6 Å². The maximum atomic E-state index is 12.2. The SMILES string of the molecule is Cl.NC[C@H]1CCC[C@H]1C(=O)NCc1cccc(NC(N)=O)c1. The van der Waals surface area contributed by atoms with E-state index in [1.165, 1.54) is 0 Å². The van der Waals surface area contributed by atoms with E-state index in [1.54, 1.807) is 12.1 Å². The van der Waals surface area contributed by atoms with Crippen LogP contribution in [0.15, 0.2) is 24.3 Å². The molecule has 3 amide bonds. The number of benzene rings is 1. The average molecular weight is 327 g/mol. The lowest BCUT2D eigenvalue weighted by Crippen LogP contribution is -2.34. The molecule has 0 heterocycles. The number of primary amides is 1. The lowest BCUT2D eigenvalue weighted by Gasteiger charge is -2.17. The quantitative estimate of drug-likeness (QED) is 0.659. The third-order valence-corrected chi connectivity index (χ3v) is 3.96. The van der Waals surface area contributed by atoms with Crippen LogP contribution in [0.1, 0.15) is 24.8 Å². The molecule has 1 fully saturated rings. The first-order valence-corrected chi connectivity index (χ1v) is 7.23. The Morgan fingerprint density at radius 3 is 2.73 bits per heavy atom. The molecule has 2 atom stereocenters. The molecule has 2 rings (SSSR count). The van der Waals surface area contributed by atoms with Crippen LogP contribution in [-0.2, 0) is 11.3 Å². The molecule has 0 aliphatic heterocycles. The standard InChI is InChI=1S/C15H22N4O2.ClH/c16-8-11-4-2-6-13(11)14(20)18-9-10-3-1-5-12(7-10)19-15(17)21;/h1,3,5,7,11,13H,2,4,6,8-9,16H2,(H,18,20)(H3,17,19,21);1H/t11-,13-;/m1./s1. The number of nitrogens with one attached hydrogen (secondary N) is 2. The molecule has 6 N–H and O–H groups in total. The second-order valence-corrected chi connectivity index (χ2v) is 5.44. The number of anilines is 1. The van der Waals surface area contributed by atoms with Gasteiger partial charge in [0.15, 0.2) is 0 Å². The number of carbonyl (C=O) groups is 2. The zero-order valence-corrected chi connectivity index (χ0v) is 13.2. The first-order valence-electron chi connectivity index (χ1n) is 7.23. The molecule has 122 valence electrons. The molecular weight excluding hydrogens is 304 g/mol. The Balaban J connectivity index is 0.00000242. The molecule has 0 saturated heterocycles. The Morgan fingerprint density at radius 2 is 2.05 bits per heavy atom. The van der Waals surface area contributed by atoms with E-state index >= 15 is 0 Å². The van der Waals surface area contributed by atoms with Crippen LogP contribution in [0.4, 0.5) is 10.5 Å². The highest BCUT2D eigenvalue weighted by Gasteiger charge is 2.31. The van der Waals surface area contributed by atoms with Gasteiger partial charge in [-0.25, -0.2) is 4.79 Å². The number of amides is 3. The summed E-state index contributed by atoms with van der Waals surface area (Å²) in [4.78, 5) is 23.0. The predicted molar refractivity (Wildman–Crippen MR) is 88.6 cm³/mol. The largest absolute Gasteiger partial charge is 0.352 e. The molecule has 1 aromatic rings. The average Bonchev–Trinajstić information content (AvgIpc) is 2.93. The number of halogens is 1. The fraction of sp³-hybridized carbons (Fsp3) is 0.467. The minimum Gasteiger partial charge on any atom is -0.352 e. The summed E-state index contributed by atoms with van der Waals surface area (Å²) in [7, 11) is 0. The zero-order valence-electron chi connectivity index (χ0n) is 12.4. The maximum Gasteiger partial charge on any atom is 0.316 e. The highest BCUT2D eigenvalue weighted by molar-refractivity contribution is 5.87. The smallest absolute Gasteiger partial charge is 0.316 e. The van der Waals surface area contributed by atoms with Gasteiger partial charge >= 0.3 is 6.03 Å². The summed E-state index contributed by atoms with van der Waals surface area (Å²) in [5, 5.41) is 5.46. The normalized spacial score (nSPS) is 20.0. The van der Waals surface area contributed by atoms with Gasteiger partial charge in [0.1, 0.15) is 0 Å². The number of urea groups is 1. The number of hydrogen-bond donors (Lipinski definition) is 4. The Morgan fingerprint density at radius 1 is 1.27 bits per heavy atom. The second kappa shape index (κ2) is 8.60. The Hall–Kier alpha value is -1.79. The molecule has 0 radical (unpaired) electrons. The lowest BCUT2D eigenvalue weighted by atomic mass is 9.95. The second-order valence-electron chi connectivity index (χ2n) is 5.44. The minimum atomic E-state index is -0.604. The van der Waals surface area contributed by atoms with Crippen molar-refractivity contribution in [2.75, 3.05) is 11.9 Å². The van der Waals surface area contributed by atoms with Gasteiger partial charge < -0.3 is 22.1 Å². The minimum absolute atomic E-state index is 0. The van der Waals surface area contributed by atoms with Crippen molar-refractivity contribution in [1.82, 2.24) is 5.32 Å². The van der Waals surface area contributed by atoms with Crippen molar-refractivity contribution in [1.29, 1.82) is 0 Å². The van der Waals surface area contributed by atoms with Crippen LogP contribution in [0.5, 0.6) is 0 Å². The van der Waals surface area contributed by atoms with Crippen LogP contribution in [-0.4, -0.2) is 18.5 Å². The first-order chi connectivity index (χ1) is 10.1. The predicted octanol–water partition coefficient (Wildman–Crippen LogP) is 1.59. The summed E-state index contributed by atoms with van der Waals surface area (Å²) in [5.74, 6) is 0.394. The number of carbonyl (C=O) groups excluding carboxylic acids is 2. The van der Waals surface area contributed by atoms with Crippen LogP contribution in [0.2, 0.25) is 0 Å².